The fourth-order valence-corrected chi connectivity index (χ4v) is 1.90. The zero-order valence-corrected chi connectivity index (χ0v) is 10.8. The zero-order chi connectivity index (χ0) is 13.4. The van der Waals surface area contributed by atoms with Crippen LogP contribution in [0.15, 0.2) is 30.3 Å². The summed E-state index contributed by atoms with van der Waals surface area (Å²) in [6, 6.07) is 11.5. The highest BCUT2D eigenvalue weighted by atomic mass is 16.5. The highest BCUT2D eigenvalue weighted by molar-refractivity contribution is 5.75. The molecule has 0 amide bonds. The van der Waals surface area contributed by atoms with Crippen molar-refractivity contribution < 1.29 is 9.53 Å². The molecule has 0 heterocycles. The van der Waals surface area contributed by atoms with Crippen molar-refractivity contribution in [2.45, 2.75) is 25.9 Å². The molecule has 0 saturated heterocycles. The fraction of sp³-hybridized carbons (Fsp3) is 0.429. The van der Waals surface area contributed by atoms with Gasteiger partial charge in [0.25, 0.3) is 0 Å². The van der Waals surface area contributed by atoms with Crippen LogP contribution in [0, 0.1) is 11.3 Å². The monoisotopic (exact) mass is 246 g/mol. The lowest BCUT2D eigenvalue weighted by Gasteiger charge is -2.26. The van der Waals surface area contributed by atoms with Crippen molar-refractivity contribution >= 4 is 5.97 Å². The predicted molar refractivity (Wildman–Crippen MR) is 68.6 cm³/mol. The molecule has 0 radical (unpaired) electrons. The van der Waals surface area contributed by atoms with E-state index in [1.165, 1.54) is 7.11 Å². The van der Waals surface area contributed by atoms with E-state index < -0.39 is 0 Å². The Bertz CT molecular complexity index is 412. The molecule has 0 saturated carbocycles. The van der Waals surface area contributed by atoms with Crippen LogP contribution in [-0.4, -0.2) is 30.6 Å². The number of methoxy groups -OCH3 is 1. The van der Waals surface area contributed by atoms with E-state index in [1.54, 1.807) is 0 Å². The van der Waals surface area contributed by atoms with Gasteiger partial charge in [-0.05, 0) is 12.0 Å². The van der Waals surface area contributed by atoms with Crippen LogP contribution in [0.2, 0.25) is 0 Å². The Balaban J connectivity index is 2.81. The molecule has 0 bridgehead atoms. The first-order valence-corrected chi connectivity index (χ1v) is 5.95. The van der Waals surface area contributed by atoms with Gasteiger partial charge in [0.05, 0.1) is 19.7 Å². The SMILES string of the molecule is CCC(C(=O)OC)N(CC#N)Cc1ccccc1. The molecule has 0 N–H and O–H groups in total. The van der Waals surface area contributed by atoms with Crippen molar-refractivity contribution in [3.63, 3.8) is 0 Å². The molecule has 1 atom stereocenters. The largest absolute Gasteiger partial charge is 0.468 e. The predicted octanol–water partition coefficient (Wildman–Crippen LogP) is 1.96. The van der Waals surface area contributed by atoms with Gasteiger partial charge in [0, 0.05) is 6.54 Å². The lowest BCUT2D eigenvalue weighted by molar-refractivity contribution is -0.147. The van der Waals surface area contributed by atoms with Crippen LogP contribution in [0.25, 0.3) is 0 Å². The van der Waals surface area contributed by atoms with Gasteiger partial charge in [0.15, 0.2) is 0 Å². The third-order valence-electron chi connectivity index (χ3n) is 2.80. The van der Waals surface area contributed by atoms with E-state index in [1.807, 2.05) is 42.2 Å². The van der Waals surface area contributed by atoms with Crippen LogP contribution in [0.1, 0.15) is 18.9 Å². The Kier molecular flexibility index (Phi) is 5.89. The van der Waals surface area contributed by atoms with Crippen LogP contribution < -0.4 is 0 Å². The normalized spacial score (nSPS) is 11.9. The van der Waals surface area contributed by atoms with Crippen molar-refractivity contribution in [1.29, 1.82) is 5.26 Å². The molecule has 1 aromatic rings. The first-order valence-electron chi connectivity index (χ1n) is 5.95. The van der Waals surface area contributed by atoms with E-state index >= 15 is 0 Å². The number of nitriles is 1. The lowest BCUT2D eigenvalue weighted by atomic mass is 10.1. The summed E-state index contributed by atoms with van der Waals surface area (Å²) in [6.45, 7) is 2.70. The molecule has 0 spiro atoms. The summed E-state index contributed by atoms with van der Waals surface area (Å²) in [6.07, 6.45) is 0.626. The Morgan fingerprint density at radius 3 is 2.61 bits per heavy atom. The standard InChI is InChI=1S/C14H18N2O2/c1-3-13(14(17)18-2)16(10-9-15)11-12-7-5-4-6-8-12/h4-8,13H,3,10-11H2,1-2H3. The van der Waals surface area contributed by atoms with Crippen molar-refractivity contribution in [2.75, 3.05) is 13.7 Å². The second kappa shape index (κ2) is 7.46. The van der Waals surface area contributed by atoms with Gasteiger partial charge < -0.3 is 4.74 Å². The second-order valence-electron chi connectivity index (χ2n) is 4.00. The van der Waals surface area contributed by atoms with Gasteiger partial charge in [0.2, 0.25) is 0 Å². The molecular formula is C14H18N2O2. The molecule has 1 unspecified atom stereocenters. The van der Waals surface area contributed by atoms with Crippen molar-refractivity contribution in [2.24, 2.45) is 0 Å². The van der Waals surface area contributed by atoms with Gasteiger partial charge in [-0.15, -0.1) is 0 Å². The summed E-state index contributed by atoms with van der Waals surface area (Å²) in [4.78, 5) is 13.5. The Labute approximate surface area is 108 Å². The number of esters is 1. The average molecular weight is 246 g/mol. The fourth-order valence-electron chi connectivity index (χ4n) is 1.90. The zero-order valence-electron chi connectivity index (χ0n) is 10.8. The van der Waals surface area contributed by atoms with Crippen LogP contribution in [-0.2, 0) is 16.1 Å². The molecule has 0 aliphatic carbocycles. The Morgan fingerprint density at radius 1 is 1.44 bits per heavy atom. The van der Waals surface area contributed by atoms with E-state index in [-0.39, 0.29) is 18.6 Å². The maximum absolute atomic E-state index is 11.7. The summed E-state index contributed by atoms with van der Waals surface area (Å²) < 4.78 is 4.78. The Morgan fingerprint density at radius 2 is 2.11 bits per heavy atom. The van der Waals surface area contributed by atoms with E-state index in [0.717, 1.165) is 5.56 Å². The molecule has 1 aromatic carbocycles. The molecular weight excluding hydrogens is 228 g/mol. The summed E-state index contributed by atoms with van der Waals surface area (Å²) in [7, 11) is 1.37. The van der Waals surface area contributed by atoms with Crippen LogP contribution in [0.4, 0.5) is 0 Å². The average Bonchev–Trinajstić information content (AvgIpc) is 2.40. The van der Waals surface area contributed by atoms with Gasteiger partial charge in [0.1, 0.15) is 6.04 Å². The molecule has 96 valence electrons. The summed E-state index contributed by atoms with van der Waals surface area (Å²) in [5.41, 5.74) is 1.08. The number of hydrogen-bond acceptors (Lipinski definition) is 4. The number of rotatable bonds is 6. The van der Waals surface area contributed by atoms with Gasteiger partial charge in [-0.1, -0.05) is 37.3 Å². The highest BCUT2D eigenvalue weighted by Gasteiger charge is 2.24. The van der Waals surface area contributed by atoms with E-state index in [0.29, 0.717) is 13.0 Å². The van der Waals surface area contributed by atoms with Crippen LogP contribution in [0.5, 0.6) is 0 Å². The first kappa shape index (κ1) is 14.2. The molecule has 4 heteroatoms. The lowest BCUT2D eigenvalue weighted by Crippen LogP contribution is -2.41. The van der Waals surface area contributed by atoms with Crippen LogP contribution in [0.3, 0.4) is 0 Å². The molecule has 18 heavy (non-hydrogen) atoms. The molecule has 0 aliphatic heterocycles. The van der Waals surface area contributed by atoms with E-state index in [4.69, 9.17) is 10.00 Å². The minimum absolute atomic E-state index is 0.211. The quantitative estimate of drug-likeness (QED) is 0.569. The minimum Gasteiger partial charge on any atom is -0.468 e. The second-order valence-corrected chi connectivity index (χ2v) is 4.00. The maximum Gasteiger partial charge on any atom is 0.323 e. The van der Waals surface area contributed by atoms with E-state index in [2.05, 4.69) is 6.07 Å². The van der Waals surface area contributed by atoms with Crippen molar-refractivity contribution in [1.82, 2.24) is 4.90 Å². The molecule has 0 aromatic heterocycles. The van der Waals surface area contributed by atoms with Gasteiger partial charge in [-0.3, -0.25) is 9.69 Å². The summed E-state index contributed by atoms with van der Waals surface area (Å²) >= 11 is 0. The first-order chi connectivity index (χ1) is 8.72. The number of carbonyl (C=O) groups excluding carboxylic acids is 1. The number of nitrogens with zero attached hydrogens (tertiary/aromatic N) is 2. The number of hydrogen-bond donors (Lipinski definition) is 0. The van der Waals surface area contributed by atoms with E-state index in [9.17, 15) is 4.79 Å². The number of carbonyl (C=O) groups is 1. The van der Waals surface area contributed by atoms with Gasteiger partial charge >= 0.3 is 5.97 Å². The van der Waals surface area contributed by atoms with Gasteiger partial charge in [-0.25, -0.2) is 0 Å². The molecule has 4 nitrogen and oxygen atoms in total. The van der Waals surface area contributed by atoms with Crippen molar-refractivity contribution in [3.05, 3.63) is 35.9 Å². The summed E-state index contributed by atoms with van der Waals surface area (Å²) in [5.74, 6) is -0.288. The number of benzene rings is 1. The number of ether oxygens (including phenoxy) is 1. The molecule has 1 rings (SSSR count). The third-order valence-corrected chi connectivity index (χ3v) is 2.80. The molecule has 0 fully saturated rings. The molecule has 0 aliphatic rings. The van der Waals surface area contributed by atoms with Gasteiger partial charge in [-0.2, -0.15) is 5.26 Å². The highest BCUT2D eigenvalue weighted by Crippen LogP contribution is 2.11. The topological polar surface area (TPSA) is 53.3 Å². The van der Waals surface area contributed by atoms with Crippen LogP contribution >= 0.6 is 0 Å². The summed E-state index contributed by atoms with van der Waals surface area (Å²) in [5, 5.41) is 8.87. The Hall–Kier alpha value is -1.86. The van der Waals surface area contributed by atoms with Crippen molar-refractivity contribution in [3.8, 4) is 6.07 Å². The minimum atomic E-state index is -0.366. The maximum atomic E-state index is 11.7. The third kappa shape index (κ3) is 3.86. The smallest absolute Gasteiger partial charge is 0.323 e.